The highest BCUT2D eigenvalue weighted by molar-refractivity contribution is 6.01. The van der Waals surface area contributed by atoms with Gasteiger partial charge in [0.2, 0.25) is 0 Å². The summed E-state index contributed by atoms with van der Waals surface area (Å²) in [6.07, 6.45) is 3.80. The summed E-state index contributed by atoms with van der Waals surface area (Å²) < 4.78 is 5.01. The first-order valence-electron chi connectivity index (χ1n) is 6.32. The molecule has 2 unspecified atom stereocenters. The molecule has 0 aliphatic heterocycles. The molecule has 1 aliphatic rings. The largest absolute Gasteiger partial charge is 0.465 e. The molecule has 0 radical (unpaired) electrons. The lowest BCUT2D eigenvalue weighted by Crippen LogP contribution is -2.32. The van der Waals surface area contributed by atoms with Crippen molar-refractivity contribution < 1.29 is 14.3 Å². The van der Waals surface area contributed by atoms with E-state index in [9.17, 15) is 9.59 Å². The first-order chi connectivity index (χ1) is 7.61. The Balaban J connectivity index is 2.66. The summed E-state index contributed by atoms with van der Waals surface area (Å²) in [5.74, 6) is -0.488. The zero-order valence-electron chi connectivity index (χ0n) is 10.5. The van der Waals surface area contributed by atoms with Gasteiger partial charge in [0.25, 0.3) is 0 Å². The normalized spacial score (nSPS) is 18.9. The predicted molar refractivity (Wildman–Crippen MR) is 61.9 cm³/mol. The lowest BCUT2D eigenvalue weighted by atomic mass is 9.85. The van der Waals surface area contributed by atoms with Crippen molar-refractivity contribution >= 4 is 11.8 Å². The minimum Gasteiger partial charge on any atom is -0.465 e. The molecular formula is C13H22O3. The van der Waals surface area contributed by atoms with E-state index in [1.165, 1.54) is 0 Å². The Bertz CT molecular complexity index is 256. The third kappa shape index (κ3) is 3.32. The second kappa shape index (κ2) is 6.02. The van der Waals surface area contributed by atoms with E-state index in [1.54, 1.807) is 6.92 Å². The van der Waals surface area contributed by atoms with Gasteiger partial charge in [-0.15, -0.1) is 0 Å². The van der Waals surface area contributed by atoms with Crippen molar-refractivity contribution in [3.05, 3.63) is 0 Å². The van der Waals surface area contributed by atoms with E-state index in [-0.39, 0.29) is 23.6 Å². The molecule has 1 fully saturated rings. The van der Waals surface area contributed by atoms with E-state index in [0.29, 0.717) is 6.61 Å². The molecule has 0 saturated heterocycles. The summed E-state index contributed by atoms with van der Waals surface area (Å²) in [5, 5.41) is 0. The van der Waals surface area contributed by atoms with Crippen LogP contribution in [0.3, 0.4) is 0 Å². The molecule has 92 valence electrons. The number of Topliss-reactive ketones (excluding diaryl/α,β-unsaturated/α-hetero) is 1. The smallest absolute Gasteiger partial charge is 0.316 e. The number of carbonyl (C=O) groups excluding carboxylic acids is 2. The van der Waals surface area contributed by atoms with E-state index in [1.807, 2.05) is 6.92 Å². The highest BCUT2D eigenvalue weighted by Crippen LogP contribution is 2.35. The van der Waals surface area contributed by atoms with Crippen LogP contribution in [0.4, 0.5) is 0 Å². The van der Waals surface area contributed by atoms with Gasteiger partial charge in [0.05, 0.1) is 6.61 Å². The standard InChI is InChI=1S/C13H22O3/c1-4-6-9(3)11(13(15)16-5-2)12(14)10-7-8-10/h9-11H,4-8H2,1-3H3. The number of ether oxygens (including phenoxy) is 1. The van der Waals surface area contributed by atoms with E-state index >= 15 is 0 Å². The van der Waals surface area contributed by atoms with Gasteiger partial charge >= 0.3 is 5.97 Å². The predicted octanol–water partition coefficient (Wildman–Crippen LogP) is 2.58. The summed E-state index contributed by atoms with van der Waals surface area (Å²) in [7, 11) is 0. The number of hydrogen-bond acceptors (Lipinski definition) is 3. The summed E-state index contributed by atoms with van der Waals surface area (Å²) >= 11 is 0. The molecule has 0 aromatic rings. The average molecular weight is 226 g/mol. The van der Waals surface area contributed by atoms with Crippen LogP contribution in [0.5, 0.6) is 0 Å². The van der Waals surface area contributed by atoms with Crippen LogP contribution >= 0.6 is 0 Å². The van der Waals surface area contributed by atoms with Crippen LogP contribution in [0.2, 0.25) is 0 Å². The van der Waals surface area contributed by atoms with Gasteiger partial charge in [0.15, 0.2) is 0 Å². The van der Waals surface area contributed by atoms with Crippen molar-refractivity contribution in [3.8, 4) is 0 Å². The number of esters is 1. The third-order valence-electron chi connectivity index (χ3n) is 3.14. The summed E-state index contributed by atoms with van der Waals surface area (Å²) in [4.78, 5) is 23.8. The van der Waals surface area contributed by atoms with Crippen molar-refractivity contribution in [1.29, 1.82) is 0 Å². The maximum Gasteiger partial charge on any atom is 0.316 e. The van der Waals surface area contributed by atoms with Crippen LogP contribution in [-0.4, -0.2) is 18.4 Å². The van der Waals surface area contributed by atoms with Crippen LogP contribution in [-0.2, 0) is 14.3 Å². The fraction of sp³-hybridized carbons (Fsp3) is 0.846. The zero-order valence-corrected chi connectivity index (χ0v) is 10.5. The second-order valence-corrected chi connectivity index (χ2v) is 4.67. The number of hydrogen-bond donors (Lipinski definition) is 0. The summed E-state index contributed by atoms with van der Waals surface area (Å²) in [5.41, 5.74) is 0. The fourth-order valence-corrected chi connectivity index (χ4v) is 2.10. The molecule has 0 aromatic carbocycles. The van der Waals surface area contributed by atoms with Crippen LogP contribution in [0.25, 0.3) is 0 Å². The molecule has 3 heteroatoms. The molecule has 3 nitrogen and oxygen atoms in total. The van der Waals surface area contributed by atoms with E-state index in [2.05, 4.69) is 6.92 Å². The average Bonchev–Trinajstić information content (AvgIpc) is 3.01. The van der Waals surface area contributed by atoms with Gasteiger partial charge in [-0.2, -0.15) is 0 Å². The van der Waals surface area contributed by atoms with Crippen LogP contribution < -0.4 is 0 Å². The Labute approximate surface area is 97.5 Å². The second-order valence-electron chi connectivity index (χ2n) is 4.67. The van der Waals surface area contributed by atoms with Gasteiger partial charge < -0.3 is 4.74 Å². The topological polar surface area (TPSA) is 43.4 Å². The Morgan fingerprint density at radius 1 is 1.31 bits per heavy atom. The van der Waals surface area contributed by atoms with Crippen molar-refractivity contribution in [3.63, 3.8) is 0 Å². The van der Waals surface area contributed by atoms with Crippen LogP contribution in [0.15, 0.2) is 0 Å². The maximum absolute atomic E-state index is 12.0. The molecule has 0 heterocycles. The zero-order chi connectivity index (χ0) is 12.1. The minimum absolute atomic E-state index is 0.108. The van der Waals surface area contributed by atoms with Gasteiger partial charge in [-0.05, 0) is 32.1 Å². The molecule has 2 atom stereocenters. The molecule has 16 heavy (non-hydrogen) atoms. The molecule has 0 amide bonds. The first-order valence-corrected chi connectivity index (χ1v) is 6.32. The van der Waals surface area contributed by atoms with Crippen molar-refractivity contribution in [2.45, 2.75) is 46.5 Å². The van der Waals surface area contributed by atoms with Gasteiger partial charge in [-0.3, -0.25) is 9.59 Å². The van der Waals surface area contributed by atoms with Gasteiger partial charge in [0.1, 0.15) is 11.7 Å². The van der Waals surface area contributed by atoms with Crippen molar-refractivity contribution in [1.82, 2.24) is 0 Å². The Kier molecular flexibility index (Phi) is 4.97. The minimum atomic E-state index is -0.521. The maximum atomic E-state index is 12.0. The lowest BCUT2D eigenvalue weighted by molar-refractivity contribution is -0.154. The molecule has 1 saturated carbocycles. The molecule has 1 aliphatic carbocycles. The molecule has 0 N–H and O–H groups in total. The van der Waals surface area contributed by atoms with Gasteiger partial charge in [-0.1, -0.05) is 20.3 Å². The van der Waals surface area contributed by atoms with E-state index in [4.69, 9.17) is 4.74 Å². The lowest BCUT2D eigenvalue weighted by Gasteiger charge is -2.20. The highest BCUT2D eigenvalue weighted by Gasteiger charge is 2.41. The first kappa shape index (κ1) is 13.2. The SMILES string of the molecule is CCCC(C)C(C(=O)OCC)C(=O)C1CC1. The summed E-state index contributed by atoms with van der Waals surface area (Å²) in [6, 6.07) is 0. The van der Waals surface area contributed by atoms with Crippen LogP contribution in [0.1, 0.15) is 46.5 Å². The number of rotatable bonds is 7. The van der Waals surface area contributed by atoms with Crippen LogP contribution in [0, 0.1) is 17.8 Å². The monoisotopic (exact) mass is 226 g/mol. The van der Waals surface area contributed by atoms with Crippen molar-refractivity contribution in [2.75, 3.05) is 6.61 Å². The van der Waals surface area contributed by atoms with E-state index in [0.717, 1.165) is 25.7 Å². The van der Waals surface area contributed by atoms with Crippen molar-refractivity contribution in [2.24, 2.45) is 17.8 Å². The molecule has 0 bridgehead atoms. The van der Waals surface area contributed by atoms with E-state index < -0.39 is 5.92 Å². The van der Waals surface area contributed by atoms with Gasteiger partial charge in [-0.25, -0.2) is 0 Å². The Morgan fingerprint density at radius 3 is 2.38 bits per heavy atom. The molecule has 0 spiro atoms. The highest BCUT2D eigenvalue weighted by atomic mass is 16.5. The number of ketones is 1. The Morgan fingerprint density at radius 2 is 1.94 bits per heavy atom. The molecule has 1 rings (SSSR count). The quantitative estimate of drug-likeness (QED) is 0.495. The van der Waals surface area contributed by atoms with Gasteiger partial charge in [0, 0.05) is 5.92 Å². The number of carbonyl (C=O) groups is 2. The third-order valence-corrected chi connectivity index (χ3v) is 3.14. The summed E-state index contributed by atoms with van der Waals surface area (Å²) in [6.45, 7) is 6.18. The Hall–Kier alpha value is -0.860. The fourth-order valence-electron chi connectivity index (χ4n) is 2.10. The molecular weight excluding hydrogens is 204 g/mol. The molecule has 0 aromatic heterocycles.